The van der Waals surface area contributed by atoms with Crippen molar-refractivity contribution in [1.82, 2.24) is 9.80 Å². The van der Waals surface area contributed by atoms with Crippen LogP contribution in [0, 0.1) is 6.92 Å². The zero-order valence-electron chi connectivity index (χ0n) is 17.0. The van der Waals surface area contributed by atoms with Crippen LogP contribution in [-0.4, -0.2) is 77.4 Å². The predicted molar refractivity (Wildman–Crippen MR) is 103 cm³/mol. The minimum absolute atomic E-state index is 0.189. The van der Waals surface area contributed by atoms with Crippen molar-refractivity contribution < 1.29 is 32.6 Å². The number of carboxylic acid groups (broad SMARTS) is 1. The Balaban J connectivity index is 0.000000318. The fourth-order valence-electron chi connectivity index (χ4n) is 4.36. The molecule has 3 saturated heterocycles. The lowest BCUT2D eigenvalue weighted by molar-refractivity contribution is -0.192. The van der Waals surface area contributed by atoms with Gasteiger partial charge in [-0.3, -0.25) is 9.69 Å². The number of hydrogen-bond acceptors (Lipinski definition) is 4. The van der Waals surface area contributed by atoms with E-state index in [0.29, 0.717) is 6.10 Å². The normalized spacial score (nSPS) is 26.3. The standard InChI is InChI=1S/C19H26N2O2.C2HF3O2/c1-15-4-2-5-16(12-15)18(22)20-9-7-19(14-20)8-10-21(19)13-17-6-3-11-23-17;3-2(4,5)1(6)7/h2,4-5,12,17H,3,6-11,13-14H2,1H3;(H,6,7). The number of benzene rings is 1. The summed E-state index contributed by atoms with van der Waals surface area (Å²) in [6.07, 6.45) is 0.0463. The van der Waals surface area contributed by atoms with Gasteiger partial charge in [0.1, 0.15) is 0 Å². The molecule has 1 aromatic rings. The van der Waals surface area contributed by atoms with Crippen LogP contribution in [0.5, 0.6) is 0 Å². The zero-order chi connectivity index (χ0) is 21.9. The second-order valence-corrected chi connectivity index (χ2v) is 8.20. The molecule has 3 aliphatic rings. The van der Waals surface area contributed by atoms with E-state index in [1.807, 2.05) is 31.2 Å². The van der Waals surface area contributed by atoms with Crippen LogP contribution < -0.4 is 0 Å². The lowest BCUT2D eigenvalue weighted by Crippen LogP contribution is -2.63. The number of carbonyl (C=O) groups excluding carboxylic acids is 1. The lowest BCUT2D eigenvalue weighted by Gasteiger charge is -2.51. The quantitative estimate of drug-likeness (QED) is 0.801. The van der Waals surface area contributed by atoms with Crippen molar-refractivity contribution >= 4 is 11.9 Å². The number of carbonyl (C=O) groups is 2. The number of likely N-dealkylation sites (tertiary alicyclic amines) is 2. The van der Waals surface area contributed by atoms with Crippen molar-refractivity contribution in [3.63, 3.8) is 0 Å². The van der Waals surface area contributed by atoms with Gasteiger partial charge in [0.15, 0.2) is 0 Å². The minimum Gasteiger partial charge on any atom is -0.475 e. The highest BCUT2D eigenvalue weighted by atomic mass is 19.4. The Morgan fingerprint density at radius 1 is 1.27 bits per heavy atom. The SMILES string of the molecule is Cc1cccc(C(=O)N2CCC3(CCN3CC3CCCO3)C2)c1.O=C(O)C(F)(F)F. The molecule has 1 aromatic carbocycles. The molecule has 9 heteroatoms. The van der Waals surface area contributed by atoms with E-state index in [1.165, 1.54) is 19.3 Å². The number of alkyl halides is 3. The highest BCUT2D eigenvalue weighted by molar-refractivity contribution is 5.94. The van der Waals surface area contributed by atoms with E-state index in [-0.39, 0.29) is 11.4 Å². The van der Waals surface area contributed by atoms with Gasteiger partial charge < -0.3 is 14.7 Å². The van der Waals surface area contributed by atoms with Gasteiger partial charge in [0.05, 0.1) is 6.10 Å². The third-order valence-electron chi connectivity index (χ3n) is 6.09. The van der Waals surface area contributed by atoms with Crippen molar-refractivity contribution in [3.8, 4) is 0 Å². The molecule has 3 fully saturated rings. The van der Waals surface area contributed by atoms with Gasteiger partial charge in [-0.05, 0) is 44.7 Å². The summed E-state index contributed by atoms with van der Waals surface area (Å²) in [5, 5.41) is 7.12. The molecule has 0 aliphatic carbocycles. The molecule has 0 radical (unpaired) electrons. The van der Waals surface area contributed by atoms with Crippen LogP contribution in [0.25, 0.3) is 0 Å². The topological polar surface area (TPSA) is 70.1 Å². The molecule has 1 amide bonds. The van der Waals surface area contributed by atoms with Gasteiger partial charge in [0.2, 0.25) is 0 Å². The first kappa shape index (κ1) is 22.6. The molecule has 3 heterocycles. The first-order chi connectivity index (χ1) is 14.1. The Morgan fingerprint density at radius 2 is 1.97 bits per heavy atom. The second-order valence-electron chi connectivity index (χ2n) is 8.20. The number of ether oxygens (including phenoxy) is 1. The molecule has 166 valence electrons. The summed E-state index contributed by atoms with van der Waals surface area (Å²) < 4.78 is 37.5. The van der Waals surface area contributed by atoms with Crippen LogP contribution in [0.4, 0.5) is 13.2 Å². The fourth-order valence-corrected chi connectivity index (χ4v) is 4.36. The number of rotatable bonds is 3. The van der Waals surface area contributed by atoms with Crippen LogP contribution in [0.1, 0.15) is 41.6 Å². The van der Waals surface area contributed by atoms with Gasteiger partial charge in [-0.15, -0.1) is 0 Å². The summed E-state index contributed by atoms with van der Waals surface area (Å²) in [6.45, 7) is 6.93. The zero-order valence-corrected chi connectivity index (χ0v) is 17.0. The molecule has 30 heavy (non-hydrogen) atoms. The molecule has 0 aromatic heterocycles. The van der Waals surface area contributed by atoms with E-state index in [4.69, 9.17) is 14.6 Å². The first-order valence-corrected chi connectivity index (χ1v) is 10.1. The molecule has 3 aliphatic heterocycles. The van der Waals surface area contributed by atoms with Gasteiger partial charge in [0.25, 0.3) is 5.91 Å². The maximum absolute atomic E-state index is 12.8. The Morgan fingerprint density at radius 3 is 2.50 bits per heavy atom. The number of carboxylic acids is 1. The number of nitrogens with zero attached hydrogens (tertiary/aromatic N) is 2. The summed E-state index contributed by atoms with van der Waals surface area (Å²) >= 11 is 0. The Bertz CT molecular complexity index is 780. The number of halogens is 3. The van der Waals surface area contributed by atoms with Gasteiger partial charge in [-0.1, -0.05) is 17.7 Å². The Labute approximate surface area is 173 Å². The summed E-state index contributed by atoms with van der Waals surface area (Å²) in [7, 11) is 0. The van der Waals surface area contributed by atoms with E-state index in [1.54, 1.807) is 0 Å². The molecular weight excluding hydrogens is 401 g/mol. The van der Waals surface area contributed by atoms with E-state index in [0.717, 1.165) is 50.3 Å². The third kappa shape index (κ3) is 5.13. The molecule has 1 spiro atoms. The molecule has 0 saturated carbocycles. The largest absolute Gasteiger partial charge is 0.490 e. The molecule has 2 atom stereocenters. The molecule has 6 nitrogen and oxygen atoms in total. The molecular formula is C21H27F3N2O4. The summed E-state index contributed by atoms with van der Waals surface area (Å²) in [6, 6.07) is 7.95. The van der Waals surface area contributed by atoms with E-state index in [9.17, 15) is 18.0 Å². The van der Waals surface area contributed by atoms with Gasteiger partial charge in [-0.25, -0.2) is 4.79 Å². The number of hydrogen-bond donors (Lipinski definition) is 1. The van der Waals surface area contributed by atoms with Gasteiger partial charge in [-0.2, -0.15) is 13.2 Å². The van der Waals surface area contributed by atoms with Crippen LogP contribution >= 0.6 is 0 Å². The van der Waals surface area contributed by atoms with Crippen molar-refractivity contribution in [1.29, 1.82) is 0 Å². The summed E-state index contributed by atoms with van der Waals surface area (Å²) in [4.78, 5) is 26.3. The second kappa shape index (κ2) is 8.93. The maximum Gasteiger partial charge on any atom is 0.490 e. The van der Waals surface area contributed by atoms with Crippen molar-refractivity contribution in [2.45, 2.75) is 50.4 Å². The number of aliphatic carboxylic acids is 1. The fraction of sp³-hybridized carbons (Fsp3) is 0.619. The Hall–Kier alpha value is -2.13. The maximum atomic E-state index is 12.8. The smallest absolute Gasteiger partial charge is 0.475 e. The molecule has 2 unspecified atom stereocenters. The number of amides is 1. The Kier molecular flexibility index (Phi) is 6.71. The average molecular weight is 428 g/mol. The van der Waals surface area contributed by atoms with Crippen LogP contribution in [0.2, 0.25) is 0 Å². The first-order valence-electron chi connectivity index (χ1n) is 10.1. The van der Waals surface area contributed by atoms with Crippen LogP contribution in [-0.2, 0) is 9.53 Å². The molecule has 4 rings (SSSR count). The highest BCUT2D eigenvalue weighted by Gasteiger charge is 2.50. The summed E-state index contributed by atoms with van der Waals surface area (Å²) in [5.41, 5.74) is 2.20. The number of aryl methyl sites for hydroxylation is 1. The molecule has 0 bridgehead atoms. The van der Waals surface area contributed by atoms with E-state index < -0.39 is 12.1 Å². The van der Waals surface area contributed by atoms with Crippen molar-refractivity contribution in [3.05, 3.63) is 35.4 Å². The van der Waals surface area contributed by atoms with Crippen molar-refractivity contribution in [2.75, 3.05) is 32.8 Å². The third-order valence-corrected chi connectivity index (χ3v) is 6.09. The van der Waals surface area contributed by atoms with Crippen LogP contribution in [0.15, 0.2) is 24.3 Å². The van der Waals surface area contributed by atoms with Crippen molar-refractivity contribution in [2.24, 2.45) is 0 Å². The summed E-state index contributed by atoms with van der Waals surface area (Å²) in [5.74, 6) is -2.57. The van der Waals surface area contributed by atoms with Gasteiger partial charge in [0, 0.05) is 43.9 Å². The van der Waals surface area contributed by atoms with E-state index in [2.05, 4.69) is 9.80 Å². The average Bonchev–Trinajstić information content (AvgIpc) is 3.35. The highest BCUT2D eigenvalue weighted by Crippen LogP contribution is 2.40. The lowest BCUT2D eigenvalue weighted by atomic mass is 9.83. The van der Waals surface area contributed by atoms with Crippen LogP contribution in [0.3, 0.4) is 0 Å². The molecule has 1 N–H and O–H groups in total. The van der Waals surface area contributed by atoms with E-state index >= 15 is 0 Å². The predicted octanol–water partition coefficient (Wildman–Crippen LogP) is 3.10. The monoisotopic (exact) mass is 428 g/mol. The van der Waals surface area contributed by atoms with Gasteiger partial charge >= 0.3 is 12.1 Å². The minimum atomic E-state index is -5.08.